The summed E-state index contributed by atoms with van der Waals surface area (Å²) in [5.74, 6) is -0.185. The Kier molecular flexibility index (Phi) is 5.27. The van der Waals surface area contributed by atoms with E-state index in [2.05, 4.69) is 4.90 Å². The lowest BCUT2D eigenvalue weighted by atomic mass is 9.98. The van der Waals surface area contributed by atoms with Crippen LogP contribution in [0.4, 0.5) is 5.69 Å². The average Bonchev–Trinajstić information content (AvgIpc) is 2.49. The van der Waals surface area contributed by atoms with Crippen molar-refractivity contribution in [3.63, 3.8) is 0 Å². The molecule has 1 aliphatic heterocycles. The fourth-order valence-electron chi connectivity index (χ4n) is 2.73. The highest BCUT2D eigenvalue weighted by Crippen LogP contribution is 2.23. The molecule has 0 saturated carbocycles. The topological polar surface area (TPSA) is 72.7 Å². The SMILES string of the molecule is COC(=O)CC1CCCCN1Cc1ccc([N+](=O)[O-])cc1. The number of nitro benzene ring substituents is 1. The predicted octanol–water partition coefficient (Wildman–Crippen LogP) is 2.51. The number of nitrogens with zero attached hydrogens (tertiary/aromatic N) is 2. The van der Waals surface area contributed by atoms with E-state index in [0.29, 0.717) is 13.0 Å². The second-order valence-corrected chi connectivity index (χ2v) is 5.32. The summed E-state index contributed by atoms with van der Waals surface area (Å²) in [6.07, 6.45) is 3.63. The zero-order chi connectivity index (χ0) is 15.2. The van der Waals surface area contributed by atoms with Crippen LogP contribution in [0.3, 0.4) is 0 Å². The third-order valence-corrected chi connectivity index (χ3v) is 3.91. The maximum Gasteiger partial charge on any atom is 0.307 e. The zero-order valence-corrected chi connectivity index (χ0v) is 12.2. The molecule has 0 spiro atoms. The number of non-ortho nitro benzene ring substituents is 1. The minimum absolute atomic E-state index is 0.100. The van der Waals surface area contributed by atoms with Crippen molar-refractivity contribution in [3.05, 3.63) is 39.9 Å². The van der Waals surface area contributed by atoms with Crippen LogP contribution < -0.4 is 0 Å². The van der Waals surface area contributed by atoms with E-state index in [1.165, 1.54) is 19.2 Å². The third kappa shape index (κ3) is 4.26. The summed E-state index contributed by atoms with van der Waals surface area (Å²) < 4.78 is 4.75. The highest BCUT2D eigenvalue weighted by molar-refractivity contribution is 5.69. The van der Waals surface area contributed by atoms with Gasteiger partial charge in [-0.25, -0.2) is 0 Å². The van der Waals surface area contributed by atoms with Gasteiger partial charge in [0.1, 0.15) is 0 Å². The molecule has 1 aromatic rings. The first kappa shape index (κ1) is 15.4. The molecule has 0 radical (unpaired) electrons. The molecule has 6 heteroatoms. The number of likely N-dealkylation sites (tertiary alicyclic amines) is 1. The monoisotopic (exact) mass is 292 g/mol. The van der Waals surface area contributed by atoms with Crippen molar-refractivity contribution in [2.45, 2.75) is 38.3 Å². The molecule has 0 aromatic heterocycles. The van der Waals surface area contributed by atoms with Crippen LogP contribution in [-0.2, 0) is 16.1 Å². The first-order valence-corrected chi connectivity index (χ1v) is 7.14. The van der Waals surface area contributed by atoms with Gasteiger partial charge in [0.25, 0.3) is 5.69 Å². The fourth-order valence-corrected chi connectivity index (χ4v) is 2.73. The van der Waals surface area contributed by atoms with Crippen molar-refractivity contribution < 1.29 is 14.5 Å². The van der Waals surface area contributed by atoms with Crippen LogP contribution in [-0.4, -0.2) is 35.5 Å². The first-order chi connectivity index (χ1) is 10.1. The minimum Gasteiger partial charge on any atom is -0.469 e. The molecule has 2 rings (SSSR count). The van der Waals surface area contributed by atoms with E-state index < -0.39 is 4.92 Å². The van der Waals surface area contributed by atoms with Gasteiger partial charge in [0.2, 0.25) is 0 Å². The van der Waals surface area contributed by atoms with E-state index >= 15 is 0 Å². The number of nitro groups is 1. The number of hydrogen-bond acceptors (Lipinski definition) is 5. The van der Waals surface area contributed by atoms with Crippen LogP contribution in [0.5, 0.6) is 0 Å². The molecule has 0 amide bonds. The highest BCUT2D eigenvalue weighted by atomic mass is 16.6. The van der Waals surface area contributed by atoms with Gasteiger partial charge >= 0.3 is 5.97 Å². The van der Waals surface area contributed by atoms with Gasteiger partial charge in [-0.2, -0.15) is 0 Å². The standard InChI is InChI=1S/C15H20N2O4/c1-21-15(18)10-14-4-2-3-9-16(14)11-12-5-7-13(8-6-12)17(19)20/h5-8,14H,2-4,9-11H2,1H3. The summed E-state index contributed by atoms with van der Waals surface area (Å²) >= 11 is 0. The Morgan fingerprint density at radius 3 is 2.71 bits per heavy atom. The molecule has 21 heavy (non-hydrogen) atoms. The molecule has 1 unspecified atom stereocenters. The van der Waals surface area contributed by atoms with Crippen molar-refractivity contribution in [1.29, 1.82) is 0 Å². The number of hydrogen-bond donors (Lipinski definition) is 0. The first-order valence-electron chi connectivity index (χ1n) is 7.14. The van der Waals surface area contributed by atoms with Crippen LogP contribution in [0.25, 0.3) is 0 Å². The molecular formula is C15H20N2O4. The quantitative estimate of drug-likeness (QED) is 0.473. The lowest BCUT2D eigenvalue weighted by Crippen LogP contribution is -2.40. The smallest absolute Gasteiger partial charge is 0.307 e. The third-order valence-electron chi connectivity index (χ3n) is 3.91. The summed E-state index contributed by atoms with van der Waals surface area (Å²) in [4.78, 5) is 24.0. The summed E-state index contributed by atoms with van der Waals surface area (Å²) in [6.45, 7) is 1.65. The van der Waals surface area contributed by atoms with E-state index in [1.54, 1.807) is 12.1 Å². The maximum atomic E-state index is 11.5. The van der Waals surface area contributed by atoms with Crippen molar-refractivity contribution in [2.24, 2.45) is 0 Å². The Hall–Kier alpha value is -1.95. The van der Waals surface area contributed by atoms with Gasteiger partial charge in [-0.3, -0.25) is 19.8 Å². The fraction of sp³-hybridized carbons (Fsp3) is 0.533. The summed E-state index contributed by atoms with van der Waals surface area (Å²) in [5.41, 5.74) is 1.13. The second kappa shape index (κ2) is 7.17. The average molecular weight is 292 g/mol. The Balaban J connectivity index is 2.01. The van der Waals surface area contributed by atoms with Crippen LogP contribution in [0.1, 0.15) is 31.2 Å². The molecule has 0 N–H and O–H groups in total. The molecule has 1 aromatic carbocycles. The summed E-state index contributed by atoms with van der Waals surface area (Å²) in [5, 5.41) is 10.7. The Labute approximate surface area is 123 Å². The van der Waals surface area contributed by atoms with Crippen molar-refractivity contribution in [3.8, 4) is 0 Å². The normalized spacial score (nSPS) is 19.2. The molecule has 1 atom stereocenters. The number of ether oxygens (including phenoxy) is 1. The molecule has 6 nitrogen and oxygen atoms in total. The Morgan fingerprint density at radius 2 is 2.10 bits per heavy atom. The molecule has 1 fully saturated rings. The zero-order valence-electron chi connectivity index (χ0n) is 12.2. The molecule has 0 aliphatic carbocycles. The highest BCUT2D eigenvalue weighted by Gasteiger charge is 2.25. The number of methoxy groups -OCH3 is 1. The van der Waals surface area contributed by atoms with Crippen molar-refractivity contribution in [1.82, 2.24) is 4.90 Å². The molecule has 0 bridgehead atoms. The van der Waals surface area contributed by atoms with Gasteiger partial charge in [-0.1, -0.05) is 18.6 Å². The number of piperidine rings is 1. The molecule has 1 saturated heterocycles. The van der Waals surface area contributed by atoms with E-state index in [4.69, 9.17) is 4.74 Å². The number of rotatable bonds is 5. The van der Waals surface area contributed by atoms with Gasteiger partial charge in [-0.05, 0) is 24.9 Å². The van der Waals surface area contributed by atoms with E-state index in [1.807, 2.05) is 0 Å². The molecule has 114 valence electrons. The van der Waals surface area contributed by atoms with Crippen LogP contribution >= 0.6 is 0 Å². The van der Waals surface area contributed by atoms with Gasteiger partial charge in [0.05, 0.1) is 18.5 Å². The van der Waals surface area contributed by atoms with Crippen molar-refractivity contribution >= 4 is 11.7 Å². The van der Waals surface area contributed by atoms with Gasteiger partial charge in [0, 0.05) is 24.7 Å². The summed E-state index contributed by atoms with van der Waals surface area (Å²) in [7, 11) is 1.41. The molecular weight excluding hydrogens is 272 g/mol. The van der Waals surface area contributed by atoms with E-state index in [-0.39, 0.29) is 17.7 Å². The van der Waals surface area contributed by atoms with Gasteiger partial charge in [-0.15, -0.1) is 0 Å². The number of esters is 1. The molecule has 1 heterocycles. The van der Waals surface area contributed by atoms with Gasteiger partial charge in [0.15, 0.2) is 0 Å². The maximum absolute atomic E-state index is 11.5. The van der Waals surface area contributed by atoms with E-state index in [9.17, 15) is 14.9 Å². The van der Waals surface area contributed by atoms with Crippen LogP contribution in [0.15, 0.2) is 24.3 Å². The van der Waals surface area contributed by atoms with Crippen LogP contribution in [0, 0.1) is 10.1 Å². The number of carbonyl (C=O) groups excluding carboxylic acids is 1. The Morgan fingerprint density at radius 1 is 1.38 bits per heavy atom. The minimum atomic E-state index is -0.398. The second-order valence-electron chi connectivity index (χ2n) is 5.32. The van der Waals surface area contributed by atoms with Crippen LogP contribution in [0.2, 0.25) is 0 Å². The largest absolute Gasteiger partial charge is 0.469 e. The lowest BCUT2D eigenvalue weighted by molar-refractivity contribution is -0.384. The van der Waals surface area contributed by atoms with Crippen molar-refractivity contribution in [2.75, 3.05) is 13.7 Å². The van der Waals surface area contributed by atoms with E-state index in [0.717, 1.165) is 31.4 Å². The number of benzene rings is 1. The molecule has 1 aliphatic rings. The van der Waals surface area contributed by atoms with Gasteiger partial charge < -0.3 is 4.74 Å². The predicted molar refractivity (Wildman–Crippen MR) is 77.8 cm³/mol. The number of carbonyl (C=O) groups is 1. The summed E-state index contributed by atoms with van der Waals surface area (Å²) in [6, 6.07) is 6.80. The lowest BCUT2D eigenvalue weighted by Gasteiger charge is -2.35. The Bertz CT molecular complexity index is 501.